The van der Waals surface area contributed by atoms with Gasteiger partial charge in [0.05, 0.1) is 6.04 Å². The van der Waals surface area contributed by atoms with Crippen LogP contribution in [0.5, 0.6) is 5.75 Å². The Morgan fingerprint density at radius 1 is 1.18 bits per heavy atom. The van der Waals surface area contributed by atoms with E-state index in [4.69, 9.17) is 14.4 Å². The minimum atomic E-state index is -5.10. The summed E-state index contributed by atoms with van der Waals surface area (Å²) in [6.45, 7) is 3.62. The number of hydrogen-bond donors (Lipinski definition) is 2. The van der Waals surface area contributed by atoms with Gasteiger partial charge < -0.3 is 24.6 Å². The lowest BCUT2D eigenvalue weighted by molar-refractivity contribution is -0.234. The number of ether oxygens (including phenoxy) is 2. The van der Waals surface area contributed by atoms with Crippen LogP contribution in [0.2, 0.25) is 0 Å². The lowest BCUT2D eigenvalue weighted by atomic mass is 9.85. The first-order valence-corrected chi connectivity index (χ1v) is 11.2. The van der Waals surface area contributed by atoms with Crippen LogP contribution < -0.4 is 14.9 Å². The Hall–Kier alpha value is -2.69. The predicted octanol–water partition coefficient (Wildman–Crippen LogP) is 2.63. The highest BCUT2D eigenvalue weighted by molar-refractivity contribution is 7.44. The molecule has 0 saturated heterocycles. The van der Waals surface area contributed by atoms with Crippen LogP contribution in [-0.4, -0.2) is 35.1 Å². The summed E-state index contributed by atoms with van der Waals surface area (Å²) in [6.07, 6.45) is -1.11. The van der Waals surface area contributed by atoms with E-state index in [9.17, 15) is 27.8 Å². The number of halogens is 2. The number of carbonyl (C=O) groups excluding carboxylic acids is 2. The molecule has 9 nitrogen and oxygen atoms in total. The lowest BCUT2D eigenvalue weighted by Gasteiger charge is -2.44. The molecule has 0 radical (unpaired) electrons. The van der Waals surface area contributed by atoms with Crippen molar-refractivity contribution >= 4 is 19.5 Å². The highest BCUT2D eigenvalue weighted by Crippen LogP contribution is 2.42. The topological polar surface area (TPSA) is 134 Å². The summed E-state index contributed by atoms with van der Waals surface area (Å²) in [4.78, 5) is 44.5. The molecule has 1 amide bonds. The van der Waals surface area contributed by atoms with Gasteiger partial charge in [0.1, 0.15) is 29.1 Å². The fourth-order valence-corrected chi connectivity index (χ4v) is 3.73. The molecule has 3 atom stereocenters. The molecule has 12 heteroatoms. The van der Waals surface area contributed by atoms with Crippen LogP contribution in [0, 0.1) is 11.6 Å². The highest BCUT2D eigenvalue weighted by atomic mass is 31.2. The average molecular weight is 484 g/mol. The standard InChI is InChI=1S/C21H22F2NO8P/c1-11(25)12-4-5-17-16(8-12)18(24-20(26)13-6-14(22)9-15(23)7-13)19(21(2,3)32-17)30-10-31-33(27,28)29/h4-9,18-19H,10H2,1-3H3,(H,24,26)(H2,27,28,29)/p-1/t18-,19+/m0/s1. The number of rotatable bonds is 7. The van der Waals surface area contributed by atoms with E-state index in [0.717, 1.165) is 12.1 Å². The molecule has 178 valence electrons. The van der Waals surface area contributed by atoms with Crippen molar-refractivity contribution in [2.24, 2.45) is 0 Å². The summed E-state index contributed by atoms with van der Waals surface area (Å²) in [5.74, 6) is -2.74. The fraction of sp³-hybridized carbons (Fsp3) is 0.333. The molecule has 2 N–H and O–H groups in total. The molecule has 0 spiro atoms. The summed E-state index contributed by atoms with van der Waals surface area (Å²) in [6, 6.07) is 5.76. The molecular formula is C21H21F2NO8P-. The number of phosphoric ester groups is 1. The van der Waals surface area contributed by atoms with Crippen LogP contribution >= 0.6 is 7.82 Å². The molecular weight excluding hydrogens is 463 g/mol. The number of fused-ring (bicyclic) bond motifs is 1. The Morgan fingerprint density at radius 2 is 1.82 bits per heavy atom. The largest absolute Gasteiger partial charge is 0.756 e. The zero-order valence-corrected chi connectivity index (χ0v) is 18.7. The van der Waals surface area contributed by atoms with Crippen molar-refractivity contribution in [3.63, 3.8) is 0 Å². The molecule has 2 aromatic rings. The van der Waals surface area contributed by atoms with E-state index >= 15 is 0 Å². The van der Waals surface area contributed by atoms with Crippen LogP contribution in [0.15, 0.2) is 36.4 Å². The molecule has 1 heterocycles. The van der Waals surface area contributed by atoms with Crippen molar-refractivity contribution in [1.29, 1.82) is 0 Å². The Kier molecular flexibility index (Phi) is 7.01. The third-order valence-corrected chi connectivity index (χ3v) is 5.42. The Morgan fingerprint density at radius 3 is 2.39 bits per heavy atom. The van der Waals surface area contributed by atoms with Gasteiger partial charge >= 0.3 is 0 Å². The number of amides is 1. The summed E-state index contributed by atoms with van der Waals surface area (Å²) in [5, 5.41) is 2.61. The monoisotopic (exact) mass is 484 g/mol. The molecule has 1 unspecified atom stereocenters. The maximum atomic E-state index is 13.6. The SMILES string of the molecule is CC(=O)c1ccc2c(c1)[C@H](NC(=O)c1cc(F)cc(F)c1)[C@@H](OCOP(=O)([O-])O)C(C)(C)O2. The minimum Gasteiger partial charge on any atom is -0.756 e. The Balaban J connectivity index is 2.02. The van der Waals surface area contributed by atoms with E-state index in [2.05, 4.69) is 9.84 Å². The van der Waals surface area contributed by atoms with Crippen LogP contribution in [0.25, 0.3) is 0 Å². The van der Waals surface area contributed by atoms with Gasteiger partial charge in [0, 0.05) is 22.8 Å². The van der Waals surface area contributed by atoms with Crippen molar-refractivity contribution in [2.75, 3.05) is 6.79 Å². The number of phosphoric acid groups is 1. The molecule has 0 bridgehead atoms. The predicted molar refractivity (Wildman–Crippen MR) is 108 cm³/mol. The average Bonchev–Trinajstić information content (AvgIpc) is 2.67. The molecule has 3 rings (SSSR count). The molecule has 1 aliphatic heterocycles. The summed E-state index contributed by atoms with van der Waals surface area (Å²) in [5.41, 5.74) is -0.883. The van der Waals surface area contributed by atoms with Crippen molar-refractivity contribution in [2.45, 2.75) is 38.5 Å². The second kappa shape index (κ2) is 9.28. The summed E-state index contributed by atoms with van der Waals surface area (Å²) in [7, 11) is -5.10. The van der Waals surface area contributed by atoms with Crippen molar-refractivity contribution in [3.05, 3.63) is 64.7 Å². The van der Waals surface area contributed by atoms with E-state index in [0.29, 0.717) is 22.9 Å². The maximum Gasteiger partial charge on any atom is 0.267 e. The Labute approximate surface area is 187 Å². The van der Waals surface area contributed by atoms with Gasteiger partial charge in [0.2, 0.25) is 0 Å². The van der Waals surface area contributed by atoms with Gasteiger partial charge in [-0.05, 0) is 51.1 Å². The number of benzene rings is 2. The second-order valence-electron chi connectivity index (χ2n) is 7.93. The van der Waals surface area contributed by atoms with Crippen LogP contribution in [-0.2, 0) is 13.8 Å². The fourth-order valence-electron chi connectivity index (χ4n) is 3.54. The van der Waals surface area contributed by atoms with E-state index in [1.807, 2.05) is 0 Å². The zero-order valence-electron chi connectivity index (χ0n) is 17.8. The summed E-state index contributed by atoms with van der Waals surface area (Å²) < 4.78 is 53.9. The lowest BCUT2D eigenvalue weighted by Crippen LogP contribution is -2.55. The molecule has 33 heavy (non-hydrogen) atoms. The molecule has 1 aliphatic rings. The van der Waals surface area contributed by atoms with Gasteiger partial charge in [-0.1, -0.05) is 0 Å². The van der Waals surface area contributed by atoms with E-state index < -0.39 is 49.9 Å². The quantitative estimate of drug-likeness (QED) is 0.348. The van der Waals surface area contributed by atoms with Crippen molar-refractivity contribution < 1.29 is 46.7 Å². The number of hydrogen-bond acceptors (Lipinski definition) is 7. The van der Waals surface area contributed by atoms with Gasteiger partial charge in [-0.3, -0.25) is 18.7 Å². The first kappa shape index (κ1) is 24.9. The smallest absolute Gasteiger partial charge is 0.267 e. The van der Waals surface area contributed by atoms with Crippen LogP contribution in [0.3, 0.4) is 0 Å². The molecule has 0 fully saturated rings. The maximum absolute atomic E-state index is 13.6. The minimum absolute atomic E-state index is 0.270. The Bertz CT molecular complexity index is 1110. The van der Waals surface area contributed by atoms with Gasteiger partial charge in [-0.15, -0.1) is 0 Å². The van der Waals surface area contributed by atoms with Gasteiger partial charge in [-0.25, -0.2) is 8.78 Å². The number of carbonyl (C=O) groups is 2. The van der Waals surface area contributed by atoms with E-state index in [-0.39, 0.29) is 11.3 Å². The third-order valence-electron chi connectivity index (χ3n) is 4.99. The van der Waals surface area contributed by atoms with Crippen LogP contribution in [0.1, 0.15) is 53.1 Å². The number of ketones is 1. The summed E-state index contributed by atoms with van der Waals surface area (Å²) >= 11 is 0. The molecule has 0 saturated carbocycles. The van der Waals surface area contributed by atoms with Gasteiger partial charge in [0.25, 0.3) is 13.7 Å². The first-order valence-electron chi connectivity index (χ1n) is 9.67. The molecule has 0 aromatic heterocycles. The number of Topliss-reactive ketones (excluding diaryl/α,β-unsaturated/α-hetero) is 1. The number of nitrogens with one attached hydrogen (secondary N) is 1. The second-order valence-corrected chi connectivity index (χ2v) is 9.12. The van der Waals surface area contributed by atoms with Crippen LogP contribution in [0.4, 0.5) is 8.78 Å². The van der Waals surface area contributed by atoms with E-state index in [1.165, 1.54) is 25.1 Å². The zero-order chi connectivity index (χ0) is 24.6. The highest BCUT2D eigenvalue weighted by Gasteiger charge is 2.46. The van der Waals surface area contributed by atoms with Crippen molar-refractivity contribution in [3.8, 4) is 5.75 Å². The molecule has 2 aromatic carbocycles. The molecule has 0 aliphatic carbocycles. The van der Waals surface area contributed by atoms with E-state index in [1.54, 1.807) is 13.8 Å². The third kappa shape index (κ3) is 6.01. The van der Waals surface area contributed by atoms with Crippen molar-refractivity contribution in [1.82, 2.24) is 5.32 Å². The normalized spacial score (nSPS) is 20.8. The van der Waals surface area contributed by atoms with Gasteiger partial charge in [-0.2, -0.15) is 0 Å². The van der Waals surface area contributed by atoms with Gasteiger partial charge in [0.15, 0.2) is 12.6 Å². The first-order chi connectivity index (χ1) is 15.3.